The van der Waals surface area contributed by atoms with E-state index in [0.29, 0.717) is 6.54 Å². The Hall–Kier alpha value is -1.03. The fourth-order valence-electron chi connectivity index (χ4n) is 0.755. The molecule has 0 saturated carbocycles. The molecule has 0 radical (unpaired) electrons. The molecule has 0 heterocycles. The summed E-state index contributed by atoms with van der Waals surface area (Å²) in [5.74, 6) is -0.433. The maximum absolute atomic E-state index is 11.4. The summed E-state index contributed by atoms with van der Waals surface area (Å²) in [7, 11) is 0. The minimum atomic E-state index is -0.492. The minimum absolute atomic E-state index is 0.0232. The summed E-state index contributed by atoms with van der Waals surface area (Å²) >= 11 is 0. The van der Waals surface area contributed by atoms with Crippen molar-refractivity contribution in [2.75, 3.05) is 6.54 Å². The maximum atomic E-state index is 11.4. The van der Waals surface area contributed by atoms with Gasteiger partial charge < -0.3 is 15.8 Å². The molecule has 4 nitrogen and oxygen atoms in total. The first-order valence-corrected chi connectivity index (χ1v) is 4.65. The Balaban J connectivity index is 4.08. The van der Waals surface area contributed by atoms with Crippen LogP contribution in [0.4, 0.5) is 0 Å². The van der Waals surface area contributed by atoms with Gasteiger partial charge in [-0.3, -0.25) is 0 Å². The molecule has 0 aliphatic rings. The first-order chi connectivity index (χ1) is 6.26. The Labute approximate surface area is 85.5 Å². The van der Waals surface area contributed by atoms with Crippen molar-refractivity contribution in [1.29, 1.82) is 0 Å². The molecule has 0 aromatic rings. The fourth-order valence-corrected chi connectivity index (χ4v) is 0.755. The van der Waals surface area contributed by atoms with Gasteiger partial charge in [-0.25, -0.2) is 4.79 Å². The summed E-state index contributed by atoms with van der Waals surface area (Å²) in [6.07, 6.45) is 0. The van der Waals surface area contributed by atoms with Crippen LogP contribution in [-0.2, 0) is 9.53 Å². The Kier molecular flexibility index (Phi) is 4.63. The van der Waals surface area contributed by atoms with Gasteiger partial charge in [-0.15, -0.1) is 0 Å². The largest absolute Gasteiger partial charge is 0.455 e. The van der Waals surface area contributed by atoms with Gasteiger partial charge in [0, 0.05) is 12.6 Å². The summed E-state index contributed by atoms with van der Waals surface area (Å²) in [6.45, 7) is 11.3. The number of carbonyl (C=O) groups excluding carboxylic acids is 1. The lowest BCUT2D eigenvalue weighted by atomic mass is 10.2. The number of nitrogens with two attached hydrogens (primary N) is 1. The molecular weight excluding hydrogens is 180 g/mol. The van der Waals surface area contributed by atoms with Crippen molar-refractivity contribution in [1.82, 2.24) is 5.32 Å². The number of hydrogen-bond acceptors (Lipinski definition) is 4. The summed E-state index contributed by atoms with van der Waals surface area (Å²) in [4.78, 5) is 11.4. The second-order valence-electron chi connectivity index (χ2n) is 4.26. The predicted molar refractivity (Wildman–Crippen MR) is 56.6 cm³/mol. The molecule has 0 aliphatic heterocycles. The average molecular weight is 200 g/mol. The topological polar surface area (TPSA) is 64.3 Å². The molecule has 4 heteroatoms. The van der Waals surface area contributed by atoms with Gasteiger partial charge in [0.15, 0.2) is 0 Å². The lowest BCUT2D eigenvalue weighted by molar-refractivity contribution is -0.150. The van der Waals surface area contributed by atoms with Crippen molar-refractivity contribution in [2.45, 2.75) is 39.3 Å². The van der Waals surface area contributed by atoms with E-state index >= 15 is 0 Å². The van der Waals surface area contributed by atoms with Gasteiger partial charge in [0.05, 0.1) is 0 Å². The van der Waals surface area contributed by atoms with Crippen LogP contribution in [0, 0.1) is 0 Å². The van der Waals surface area contributed by atoms with Gasteiger partial charge in [0.2, 0.25) is 0 Å². The van der Waals surface area contributed by atoms with E-state index in [0.717, 1.165) is 0 Å². The van der Waals surface area contributed by atoms with E-state index in [4.69, 9.17) is 10.5 Å². The summed E-state index contributed by atoms with van der Waals surface area (Å²) < 4.78 is 5.10. The highest BCUT2D eigenvalue weighted by Crippen LogP contribution is 2.09. The fraction of sp³-hybridized carbons (Fsp3) is 0.700. The van der Waals surface area contributed by atoms with Crippen molar-refractivity contribution < 1.29 is 9.53 Å². The molecule has 0 unspecified atom stereocenters. The SMILES string of the molecule is C=C(N[C@@H](C)CN)C(=O)OC(C)(C)C. The second kappa shape index (κ2) is 5.00. The molecule has 0 bridgehead atoms. The number of carbonyl (C=O) groups is 1. The molecule has 3 N–H and O–H groups in total. The summed E-state index contributed by atoms with van der Waals surface area (Å²) in [5.41, 5.74) is 5.15. The van der Waals surface area contributed by atoms with Gasteiger partial charge in [0.1, 0.15) is 11.3 Å². The standard InChI is InChI=1S/C10H20N2O2/c1-7(6-11)12-8(2)9(13)14-10(3,4)5/h7,12H,2,6,11H2,1,3-5H3/t7-/m0/s1. The number of nitrogens with one attached hydrogen (secondary N) is 1. The van der Waals surface area contributed by atoms with E-state index in [9.17, 15) is 4.79 Å². The van der Waals surface area contributed by atoms with E-state index in [2.05, 4.69) is 11.9 Å². The third kappa shape index (κ3) is 5.59. The smallest absolute Gasteiger partial charge is 0.354 e. The minimum Gasteiger partial charge on any atom is -0.455 e. The molecule has 1 atom stereocenters. The lowest BCUT2D eigenvalue weighted by Crippen LogP contribution is -2.37. The molecule has 0 saturated heterocycles. The van der Waals surface area contributed by atoms with Crippen LogP contribution in [0.2, 0.25) is 0 Å². The zero-order valence-electron chi connectivity index (χ0n) is 9.39. The number of hydrogen-bond donors (Lipinski definition) is 2. The second-order valence-corrected chi connectivity index (χ2v) is 4.26. The number of rotatable bonds is 4. The van der Waals surface area contributed by atoms with Crippen molar-refractivity contribution in [2.24, 2.45) is 5.73 Å². The third-order valence-corrected chi connectivity index (χ3v) is 1.42. The van der Waals surface area contributed by atoms with E-state index in [1.807, 2.05) is 27.7 Å². The van der Waals surface area contributed by atoms with Gasteiger partial charge in [-0.2, -0.15) is 0 Å². The van der Waals surface area contributed by atoms with Crippen LogP contribution in [0.25, 0.3) is 0 Å². The maximum Gasteiger partial charge on any atom is 0.354 e. The van der Waals surface area contributed by atoms with Crippen LogP contribution in [0.1, 0.15) is 27.7 Å². The number of ether oxygens (including phenoxy) is 1. The number of esters is 1. The molecule has 0 aromatic carbocycles. The normalized spacial score (nSPS) is 13.2. The van der Waals surface area contributed by atoms with Crippen LogP contribution < -0.4 is 11.1 Å². The Bertz CT molecular complexity index is 219. The van der Waals surface area contributed by atoms with E-state index in [1.54, 1.807) is 0 Å². The van der Waals surface area contributed by atoms with Crippen LogP contribution >= 0.6 is 0 Å². The average Bonchev–Trinajstić information content (AvgIpc) is 2.00. The molecular formula is C10H20N2O2. The molecule has 0 aromatic heterocycles. The lowest BCUT2D eigenvalue weighted by Gasteiger charge is -2.21. The van der Waals surface area contributed by atoms with Gasteiger partial charge in [-0.1, -0.05) is 6.58 Å². The molecule has 0 fully saturated rings. The van der Waals surface area contributed by atoms with Crippen LogP contribution in [0.15, 0.2) is 12.3 Å². The van der Waals surface area contributed by atoms with Crippen molar-refractivity contribution >= 4 is 5.97 Å². The predicted octanol–water partition coefficient (Wildman–Crippen LogP) is 0.779. The Morgan fingerprint density at radius 2 is 2.07 bits per heavy atom. The van der Waals surface area contributed by atoms with Crippen molar-refractivity contribution in [3.63, 3.8) is 0 Å². The highest BCUT2D eigenvalue weighted by molar-refractivity contribution is 5.87. The zero-order chi connectivity index (χ0) is 11.4. The highest BCUT2D eigenvalue weighted by atomic mass is 16.6. The van der Waals surface area contributed by atoms with Crippen LogP contribution in [0.3, 0.4) is 0 Å². The first-order valence-electron chi connectivity index (χ1n) is 4.65. The van der Waals surface area contributed by atoms with E-state index in [1.165, 1.54) is 0 Å². The van der Waals surface area contributed by atoms with E-state index in [-0.39, 0.29) is 11.7 Å². The van der Waals surface area contributed by atoms with Crippen molar-refractivity contribution in [3.05, 3.63) is 12.3 Å². The van der Waals surface area contributed by atoms with Crippen LogP contribution in [0.5, 0.6) is 0 Å². The van der Waals surface area contributed by atoms with E-state index < -0.39 is 11.6 Å². The van der Waals surface area contributed by atoms with Gasteiger partial charge >= 0.3 is 5.97 Å². The molecule has 82 valence electrons. The summed E-state index contributed by atoms with van der Waals surface area (Å²) in [6, 6.07) is 0.0232. The molecule has 0 spiro atoms. The highest BCUT2D eigenvalue weighted by Gasteiger charge is 2.19. The Morgan fingerprint density at radius 1 is 1.57 bits per heavy atom. The summed E-state index contributed by atoms with van der Waals surface area (Å²) in [5, 5.41) is 2.86. The molecule has 0 amide bonds. The van der Waals surface area contributed by atoms with Gasteiger partial charge in [-0.05, 0) is 27.7 Å². The Morgan fingerprint density at radius 3 is 2.43 bits per heavy atom. The van der Waals surface area contributed by atoms with Crippen molar-refractivity contribution in [3.8, 4) is 0 Å². The van der Waals surface area contributed by atoms with Crippen LogP contribution in [-0.4, -0.2) is 24.2 Å². The quantitative estimate of drug-likeness (QED) is 0.520. The first kappa shape index (κ1) is 13.0. The molecule has 0 rings (SSSR count). The molecule has 0 aliphatic carbocycles. The molecule has 14 heavy (non-hydrogen) atoms. The zero-order valence-corrected chi connectivity index (χ0v) is 9.39. The third-order valence-electron chi connectivity index (χ3n) is 1.42. The monoisotopic (exact) mass is 200 g/mol. The van der Waals surface area contributed by atoms with Gasteiger partial charge in [0.25, 0.3) is 0 Å².